The second kappa shape index (κ2) is 6.68. The molecule has 5 heteroatoms. The summed E-state index contributed by atoms with van der Waals surface area (Å²) < 4.78 is 4.91. The fourth-order valence-corrected chi connectivity index (χ4v) is 1.88. The molecule has 1 amide bonds. The lowest BCUT2D eigenvalue weighted by molar-refractivity contribution is -0.147. The normalized spacial score (nSPS) is 14.8. The van der Waals surface area contributed by atoms with Crippen LogP contribution in [0.4, 0.5) is 0 Å². The van der Waals surface area contributed by atoms with E-state index in [9.17, 15) is 9.59 Å². The van der Waals surface area contributed by atoms with E-state index >= 15 is 0 Å². The van der Waals surface area contributed by atoms with Crippen molar-refractivity contribution in [3.8, 4) is 0 Å². The summed E-state index contributed by atoms with van der Waals surface area (Å²) in [6.07, 6.45) is 8.28. The van der Waals surface area contributed by atoms with Crippen LogP contribution in [-0.2, 0) is 14.3 Å². The lowest BCUT2D eigenvalue weighted by atomic mass is 10.2. The molecule has 0 radical (unpaired) electrons. The summed E-state index contributed by atoms with van der Waals surface area (Å²) in [5.74, 6) is -0.632. The van der Waals surface area contributed by atoms with E-state index in [1.165, 1.54) is 6.08 Å². The summed E-state index contributed by atoms with van der Waals surface area (Å²) in [6, 6.07) is 3.55. The van der Waals surface area contributed by atoms with Gasteiger partial charge in [-0.25, -0.2) is 4.79 Å². The highest BCUT2D eigenvalue weighted by Gasteiger charge is 2.18. The van der Waals surface area contributed by atoms with Crippen molar-refractivity contribution in [3.63, 3.8) is 0 Å². The van der Waals surface area contributed by atoms with Crippen molar-refractivity contribution in [1.29, 1.82) is 0 Å². The molecule has 0 bridgehead atoms. The van der Waals surface area contributed by atoms with Gasteiger partial charge in [0.25, 0.3) is 5.91 Å². The van der Waals surface area contributed by atoms with Crippen molar-refractivity contribution in [3.05, 3.63) is 36.2 Å². The lowest BCUT2D eigenvalue weighted by Crippen LogP contribution is -2.31. The zero-order valence-corrected chi connectivity index (χ0v) is 10.6. The van der Waals surface area contributed by atoms with Gasteiger partial charge in [-0.1, -0.05) is 0 Å². The van der Waals surface area contributed by atoms with Gasteiger partial charge in [0, 0.05) is 31.6 Å². The minimum atomic E-state index is -0.510. The van der Waals surface area contributed by atoms with Crippen molar-refractivity contribution in [1.82, 2.24) is 9.88 Å². The minimum Gasteiger partial charge on any atom is -0.452 e. The number of carbonyl (C=O) groups is 2. The second-order valence-electron chi connectivity index (χ2n) is 4.31. The Morgan fingerprint density at radius 3 is 2.63 bits per heavy atom. The zero-order chi connectivity index (χ0) is 13.5. The summed E-state index contributed by atoms with van der Waals surface area (Å²) >= 11 is 0. The van der Waals surface area contributed by atoms with Crippen molar-refractivity contribution in [2.24, 2.45) is 0 Å². The topological polar surface area (TPSA) is 59.5 Å². The molecule has 19 heavy (non-hydrogen) atoms. The Labute approximate surface area is 111 Å². The number of nitrogens with zero attached hydrogens (tertiary/aromatic N) is 2. The zero-order valence-electron chi connectivity index (χ0n) is 10.6. The predicted molar refractivity (Wildman–Crippen MR) is 70.0 cm³/mol. The fourth-order valence-electron chi connectivity index (χ4n) is 1.88. The van der Waals surface area contributed by atoms with E-state index in [-0.39, 0.29) is 12.5 Å². The molecule has 1 aromatic rings. The molecule has 2 heterocycles. The molecule has 0 aliphatic carbocycles. The number of aromatic nitrogens is 1. The second-order valence-corrected chi connectivity index (χ2v) is 4.31. The van der Waals surface area contributed by atoms with Crippen LogP contribution in [-0.4, -0.2) is 41.5 Å². The number of carbonyl (C=O) groups excluding carboxylic acids is 2. The van der Waals surface area contributed by atoms with Crippen molar-refractivity contribution < 1.29 is 14.3 Å². The van der Waals surface area contributed by atoms with E-state index < -0.39 is 5.97 Å². The van der Waals surface area contributed by atoms with Gasteiger partial charge in [-0.05, 0) is 36.6 Å². The number of pyridine rings is 1. The van der Waals surface area contributed by atoms with Crippen LogP contribution in [0.2, 0.25) is 0 Å². The van der Waals surface area contributed by atoms with Gasteiger partial charge in [0.2, 0.25) is 0 Å². The van der Waals surface area contributed by atoms with Gasteiger partial charge in [-0.15, -0.1) is 0 Å². The quantitative estimate of drug-likeness (QED) is 0.604. The van der Waals surface area contributed by atoms with Gasteiger partial charge in [0.15, 0.2) is 6.61 Å². The average Bonchev–Trinajstić information content (AvgIpc) is 2.98. The molecule has 0 saturated carbocycles. The first-order valence-electron chi connectivity index (χ1n) is 6.28. The predicted octanol–water partition coefficient (Wildman–Crippen LogP) is 1.26. The van der Waals surface area contributed by atoms with E-state index in [1.54, 1.807) is 35.5 Å². The number of likely N-dealkylation sites (tertiary alicyclic amines) is 1. The monoisotopic (exact) mass is 260 g/mol. The Balaban J connectivity index is 1.75. The molecule has 0 atom stereocenters. The maximum atomic E-state index is 11.6. The third-order valence-corrected chi connectivity index (χ3v) is 2.91. The van der Waals surface area contributed by atoms with E-state index in [0.717, 1.165) is 31.5 Å². The van der Waals surface area contributed by atoms with Crippen molar-refractivity contribution in [2.45, 2.75) is 12.8 Å². The number of hydrogen-bond acceptors (Lipinski definition) is 4. The Kier molecular flexibility index (Phi) is 4.66. The van der Waals surface area contributed by atoms with Crippen LogP contribution in [0.3, 0.4) is 0 Å². The molecule has 1 saturated heterocycles. The Bertz CT molecular complexity index is 465. The summed E-state index contributed by atoms with van der Waals surface area (Å²) in [5.41, 5.74) is 0.859. The van der Waals surface area contributed by atoms with Gasteiger partial charge in [-0.3, -0.25) is 9.78 Å². The highest BCUT2D eigenvalue weighted by atomic mass is 16.5. The van der Waals surface area contributed by atoms with Crippen LogP contribution in [0.25, 0.3) is 6.08 Å². The maximum Gasteiger partial charge on any atom is 0.331 e. The maximum absolute atomic E-state index is 11.6. The van der Waals surface area contributed by atoms with Crippen LogP contribution in [0.1, 0.15) is 18.4 Å². The molecule has 1 aliphatic heterocycles. The van der Waals surface area contributed by atoms with E-state index in [2.05, 4.69) is 4.98 Å². The van der Waals surface area contributed by atoms with Gasteiger partial charge in [-0.2, -0.15) is 0 Å². The summed E-state index contributed by atoms with van der Waals surface area (Å²) in [7, 11) is 0. The summed E-state index contributed by atoms with van der Waals surface area (Å²) in [6.45, 7) is 1.35. The molecule has 2 rings (SSSR count). The number of esters is 1. The molecule has 0 aromatic carbocycles. The third-order valence-electron chi connectivity index (χ3n) is 2.91. The van der Waals surface area contributed by atoms with Gasteiger partial charge in [0.05, 0.1) is 0 Å². The van der Waals surface area contributed by atoms with Crippen LogP contribution >= 0.6 is 0 Å². The molecule has 0 spiro atoms. The molecular weight excluding hydrogens is 244 g/mol. The Morgan fingerprint density at radius 2 is 1.95 bits per heavy atom. The van der Waals surface area contributed by atoms with E-state index in [1.807, 2.05) is 0 Å². The van der Waals surface area contributed by atoms with Crippen molar-refractivity contribution >= 4 is 18.0 Å². The van der Waals surface area contributed by atoms with Crippen LogP contribution < -0.4 is 0 Å². The average molecular weight is 260 g/mol. The SMILES string of the molecule is O=C(/C=C/c1ccncc1)OCC(=O)N1CCCC1. The lowest BCUT2D eigenvalue weighted by Gasteiger charge is -2.14. The number of rotatable bonds is 4. The first-order chi connectivity index (χ1) is 9.25. The summed E-state index contributed by atoms with van der Waals surface area (Å²) in [4.78, 5) is 28.7. The molecule has 0 N–H and O–H groups in total. The number of hydrogen-bond donors (Lipinski definition) is 0. The molecular formula is C14H16N2O3. The highest BCUT2D eigenvalue weighted by molar-refractivity contribution is 5.89. The summed E-state index contributed by atoms with van der Waals surface area (Å²) in [5, 5.41) is 0. The van der Waals surface area contributed by atoms with Crippen LogP contribution in [0, 0.1) is 0 Å². The third kappa shape index (κ3) is 4.21. The van der Waals surface area contributed by atoms with Crippen LogP contribution in [0.15, 0.2) is 30.6 Å². The first-order valence-corrected chi connectivity index (χ1v) is 6.28. The smallest absolute Gasteiger partial charge is 0.331 e. The van der Waals surface area contributed by atoms with Gasteiger partial charge < -0.3 is 9.64 Å². The Hall–Kier alpha value is -2.17. The Morgan fingerprint density at radius 1 is 1.26 bits per heavy atom. The standard InChI is InChI=1S/C14H16N2O3/c17-13(16-9-1-2-10-16)11-19-14(18)4-3-12-5-7-15-8-6-12/h3-8H,1-2,9-11H2/b4-3+. The van der Waals surface area contributed by atoms with E-state index in [4.69, 9.17) is 4.74 Å². The van der Waals surface area contributed by atoms with Gasteiger partial charge >= 0.3 is 5.97 Å². The molecule has 100 valence electrons. The van der Waals surface area contributed by atoms with Crippen molar-refractivity contribution in [2.75, 3.05) is 19.7 Å². The minimum absolute atomic E-state index is 0.122. The highest BCUT2D eigenvalue weighted by Crippen LogP contribution is 2.07. The first kappa shape index (κ1) is 13.3. The molecule has 0 unspecified atom stereocenters. The largest absolute Gasteiger partial charge is 0.452 e. The van der Waals surface area contributed by atoms with Gasteiger partial charge in [0.1, 0.15) is 0 Å². The molecule has 1 fully saturated rings. The molecule has 5 nitrogen and oxygen atoms in total. The van der Waals surface area contributed by atoms with Crippen LogP contribution in [0.5, 0.6) is 0 Å². The number of amides is 1. The molecule has 1 aliphatic rings. The van der Waals surface area contributed by atoms with E-state index in [0.29, 0.717) is 0 Å². The number of ether oxygens (including phenoxy) is 1. The molecule has 1 aromatic heterocycles. The fraction of sp³-hybridized carbons (Fsp3) is 0.357.